The SMILES string of the molecule is Cc1c[nH]c(=S)cc1C. The summed E-state index contributed by atoms with van der Waals surface area (Å²) in [6, 6.07) is 1.96. The van der Waals surface area contributed by atoms with Gasteiger partial charge in [-0.3, -0.25) is 0 Å². The van der Waals surface area contributed by atoms with Gasteiger partial charge in [-0.1, -0.05) is 12.2 Å². The Morgan fingerprint density at radius 3 is 2.44 bits per heavy atom. The maximum Gasteiger partial charge on any atom is 0.103 e. The fraction of sp³-hybridized carbons (Fsp3) is 0.286. The Labute approximate surface area is 59.7 Å². The standard InChI is InChI=1S/C7H9NS/c1-5-3-7(9)8-4-6(5)2/h3-4H,1-2H3,(H,8,9). The largest absolute Gasteiger partial charge is 0.353 e. The lowest BCUT2D eigenvalue weighted by atomic mass is 10.2. The van der Waals surface area contributed by atoms with Crippen molar-refractivity contribution in [3.8, 4) is 0 Å². The zero-order valence-electron chi connectivity index (χ0n) is 5.56. The summed E-state index contributed by atoms with van der Waals surface area (Å²) >= 11 is 4.90. The molecule has 1 nitrogen and oxygen atoms in total. The second-order valence-corrected chi connectivity index (χ2v) is 2.60. The molecule has 0 radical (unpaired) electrons. The number of pyridine rings is 1. The lowest BCUT2D eigenvalue weighted by Crippen LogP contribution is -1.81. The average molecular weight is 139 g/mol. The van der Waals surface area contributed by atoms with Crippen LogP contribution in [0.4, 0.5) is 0 Å². The van der Waals surface area contributed by atoms with Gasteiger partial charge in [0.05, 0.1) is 0 Å². The van der Waals surface area contributed by atoms with Crippen LogP contribution in [0.15, 0.2) is 12.3 Å². The van der Waals surface area contributed by atoms with Crippen molar-refractivity contribution in [3.05, 3.63) is 28.0 Å². The third-order valence-electron chi connectivity index (χ3n) is 1.40. The first-order valence-electron chi connectivity index (χ1n) is 2.86. The van der Waals surface area contributed by atoms with E-state index in [1.807, 2.05) is 12.3 Å². The number of nitrogens with one attached hydrogen (secondary N) is 1. The van der Waals surface area contributed by atoms with Crippen LogP contribution in [0.5, 0.6) is 0 Å². The second kappa shape index (κ2) is 2.31. The number of hydrogen-bond acceptors (Lipinski definition) is 1. The van der Waals surface area contributed by atoms with Gasteiger partial charge < -0.3 is 4.98 Å². The van der Waals surface area contributed by atoms with Crippen LogP contribution >= 0.6 is 12.2 Å². The lowest BCUT2D eigenvalue weighted by Gasteiger charge is -1.95. The highest BCUT2D eigenvalue weighted by atomic mass is 32.1. The molecule has 0 saturated heterocycles. The summed E-state index contributed by atoms with van der Waals surface area (Å²) in [6.07, 6.45) is 1.93. The van der Waals surface area contributed by atoms with Gasteiger partial charge in [0.15, 0.2) is 0 Å². The van der Waals surface area contributed by atoms with Gasteiger partial charge in [-0.05, 0) is 31.0 Å². The van der Waals surface area contributed by atoms with Gasteiger partial charge in [-0.25, -0.2) is 0 Å². The molecule has 0 saturated carbocycles. The minimum absolute atomic E-state index is 0.804. The van der Waals surface area contributed by atoms with Crippen LogP contribution in [0, 0.1) is 18.5 Å². The van der Waals surface area contributed by atoms with Gasteiger partial charge in [0.1, 0.15) is 4.64 Å². The number of aromatic nitrogens is 1. The molecule has 48 valence electrons. The van der Waals surface area contributed by atoms with Crippen molar-refractivity contribution in [2.45, 2.75) is 13.8 Å². The van der Waals surface area contributed by atoms with E-state index in [0.717, 1.165) is 4.64 Å². The van der Waals surface area contributed by atoms with Crippen LogP contribution < -0.4 is 0 Å². The highest BCUT2D eigenvalue weighted by molar-refractivity contribution is 7.71. The van der Waals surface area contributed by atoms with Gasteiger partial charge in [0.2, 0.25) is 0 Å². The fourth-order valence-corrected chi connectivity index (χ4v) is 0.881. The predicted molar refractivity (Wildman–Crippen MR) is 41.1 cm³/mol. The van der Waals surface area contributed by atoms with Crippen molar-refractivity contribution < 1.29 is 0 Å². The van der Waals surface area contributed by atoms with E-state index < -0.39 is 0 Å². The van der Waals surface area contributed by atoms with Gasteiger partial charge >= 0.3 is 0 Å². The Morgan fingerprint density at radius 1 is 1.33 bits per heavy atom. The van der Waals surface area contributed by atoms with Crippen LogP contribution in [-0.2, 0) is 0 Å². The Morgan fingerprint density at radius 2 is 2.00 bits per heavy atom. The Balaban J connectivity index is 3.34. The molecule has 2 heteroatoms. The monoisotopic (exact) mass is 139 g/mol. The molecule has 9 heavy (non-hydrogen) atoms. The maximum atomic E-state index is 4.90. The van der Waals surface area contributed by atoms with Crippen molar-refractivity contribution in [1.29, 1.82) is 0 Å². The summed E-state index contributed by atoms with van der Waals surface area (Å²) in [4.78, 5) is 2.96. The first kappa shape index (κ1) is 6.49. The first-order chi connectivity index (χ1) is 4.20. The van der Waals surface area contributed by atoms with Crippen molar-refractivity contribution in [2.75, 3.05) is 0 Å². The molecule has 0 amide bonds. The van der Waals surface area contributed by atoms with E-state index in [2.05, 4.69) is 18.8 Å². The van der Waals surface area contributed by atoms with Crippen LogP contribution in [0.1, 0.15) is 11.1 Å². The van der Waals surface area contributed by atoms with Gasteiger partial charge in [-0.2, -0.15) is 0 Å². The molecule has 0 bridgehead atoms. The molecule has 0 spiro atoms. The summed E-state index contributed by atoms with van der Waals surface area (Å²) in [5, 5.41) is 0. The van der Waals surface area contributed by atoms with E-state index in [4.69, 9.17) is 12.2 Å². The van der Waals surface area contributed by atoms with E-state index in [1.54, 1.807) is 0 Å². The van der Waals surface area contributed by atoms with E-state index in [9.17, 15) is 0 Å². The van der Waals surface area contributed by atoms with Gasteiger partial charge in [0.25, 0.3) is 0 Å². The van der Waals surface area contributed by atoms with Crippen molar-refractivity contribution in [2.24, 2.45) is 0 Å². The Bertz CT molecular complexity index is 262. The van der Waals surface area contributed by atoms with Crippen LogP contribution in [0.3, 0.4) is 0 Å². The lowest BCUT2D eigenvalue weighted by molar-refractivity contribution is 1.20. The number of aromatic amines is 1. The highest BCUT2D eigenvalue weighted by Crippen LogP contribution is 2.02. The smallest absolute Gasteiger partial charge is 0.103 e. The number of hydrogen-bond donors (Lipinski definition) is 1. The number of aryl methyl sites for hydroxylation is 2. The first-order valence-corrected chi connectivity index (χ1v) is 3.27. The molecule has 0 atom stereocenters. The minimum Gasteiger partial charge on any atom is -0.353 e. The number of rotatable bonds is 0. The van der Waals surface area contributed by atoms with E-state index in [-0.39, 0.29) is 0 Å². The quantitative estimate of drug-likeness (QED) is 0.545. The third-order valence-corrected chi connectivity index (χ3v) is 1.64. The average Bonchev–Trinajstić information content (AvgIpc) is 1.80. The third kappa shape index (κ3) is 1.39. The van der Waals surface area contributed by atoms with Crippen molar-refractivity contribution in [1.82, 2.24) is 4.98 Å². The van der Waals surface area contributed by atoms with Crippen molar-refractivity contribution >= 4 is 12.2 Å². The zero-order valence-corrected chi connectivity index (χ0v) is 6.38. The van der Waals surface area contributed by atoms with Crippen molar-refractivity contribution in [3.63, 3.8) is 0 Å². The van der Waals surface area contributed by atoms with E-state index >= 15 is 0 Å². The fourth-order valence-electron chi connectivity index (χ4n) is 0.645. The molecule has 1 rings (SSSR count). The normalized spacial score (nSPS) is 9.56. The van der Waals surface area contributed by atoms with Crippen LogP contribution in [0.25, 0.3) is 0 Å². The molecule has 0 fully saturated rings. The molecule has 0 aromatic carbocycles. The molecule has 0 aliphatic heterocycles. The second-order valence-electron chi connectivity index (χ2n) is 2.16. The summed E-state index contributed by atoms with van der Waals surface area (Å²) < 4.78 is 0.804. The Kier molecular flexibility index (Phi) is 1.67. The summed E-state index contributed by atoms with van der Waals surface area (Å²) in [6.45, 7) is 4.11. The Hall–Kier alpha value is -0.630. The molecule has 0 unspecified atom stereocenters. The topological polar surface area (TPSA) is 15.8 Å². The van der Waals surface area contributed by atoms with Gasteiger partial charge in [-0.15, -0.1) is 0 Å². The summed E-state index contributed by atoms with van der Waals surface area (Å²) in [7, 11) is 0. The molecular weight excluding hydrogens is 130 g/mol. The van der Waals surface area contributed by atoms with Crippen LogP contribution in [0.2, 0.25) is 0 Å². The van der Waals surface area contributed by atoms with Gasteiger partial charge in [0, 0.05) is 6.20 Å². The summed E-state index contributed by atoms with van der Waals surface area (Å²) in [5.74, 6) is 0. The molecular formula is C7H9NS. The van der Waals surface area contributed by atoms with E-state index in [1.165, 1.54) is 11.1 Å². The molecule has 1 N–H and O–H groups in total. The summed E-state index contributed by atoms with van der Waals surface area (Å²) in [5.41, 5.74) is 2.50. The van der Waals surface area contributed by atoms with E-state index in [0.29, 0.717) is 0 Å². The molecule has 1 aromatic rings. The number of H-pyrrole nitrogens is 1. The molecule has 0 aliphatic carbocycles. The highest BCUT2D eigenvalue weighted by Gasteiger charge is 1.87. The molecule has 0 aliphatic rings. The predicted octanol–water partition coefficient (Wildman–Crippen LogP) is 2.36. The molecule has 1 heterocycles. The minimum atomic E-state index is 0.804. The zero-order chi connectivity index (χ0) is 6.85. The van der Waals surface area contributed by atoms with Crippen LogP contribution in [-0.4, -0.2) is 4.98 Å². The molecule has 1 aromatic heterocycles. The maximum absolute atomic E-state index is 4.90.